The largest absolute Gasteiger partial charge is 0.497 e. The summed E-state index contributed by atoms with van der Waals surface area (Å²) in [6.45, 7) is 4.07. The topological polar surface area (TPSA) is 62.6 Å². The Morgan fingerprint density at radius 2 is 1.96 bits per heavy atom. The van der Waals surface area contributed by atoms with E-state index >= 15 is 0 Å². The summed E-state index contributed by atoms with van der Waals surface area (Å²) in [4.78, 5) is 12.1. The molecule has 0 aliphatic rings. The summed E-state index contributed by atoms with van der Waals surface area (Å²) in [5.74, 6) is 0.994. The number of carbonyl (C=O) groups excluding carboxylic acids is 1. The second-order valence-electron chi connectivity index (χ2n) is 4.94. The number of hydrogen-bond acceptors (Lipinski definition) is 5. The summed E-state index contributed by atoms with van der Waals surface area (Å²) in [6.07, 6.45) is 0.650. The Balaban J connectivity index is 2.66. The maximum absolute atomic E-state index is 12.1. The number of aromatic nitrogens is 2. The number of aryl methyl sites for hydroxylation is 1. The quantitative estimate of drug-likeness (QED) is 0.766. The summed E-state index contributed by atoms with van der Waals surface area (Å²) >= 11 is 0. The van der Waals surface area contributed by atoms with Crippen molar-refractivity contribution in [1.29, 1.82) is 0 Å². The molecule has 6 nitrogen and oxygen atoms in total. The Labute approximate surface area is 136 Å². The number of rotatable bonds is 6. The van der Waals surface area contributed by atoms with Gasteiger partial charge in [-0.15, -0.1) is 0 Å². The van der Waals surface area contributed by atoms with Gasteiger partial charge in [-0.25, -0.2) is 4.79 Å². The molecule has 1 aromatic heterocycles. The van der Waals surface area contributed by atoms with Crippen molar-refractivity contribution in [3.05, 3.63) is 29.5 Å². The van der Waals surface area contributed by atoms with Gasteiger partial charge in [0.25, 0.3) is 0 Å². The predicted octanol–water partition coefficient (Wildman–Crippen LogP) is 2.84. The number of benzene rings is 1. The third kappa shape index (κ3) is 3.16. The van der Waals surface area contributed by atoms with Crippen molar-refractivity contribution in [2.24, 2.45) is 7.05 Å². The van der Waals surface area contributed by atoms with Crippen LogP contribution >= 0.6 is 0 Å². The van der Waals surface area contributed by atoms with Gasteiger partial charge in [-0.05, 0) is 31.5 Å². The second kappa shape index (κ2) is 7.17. The Morgan fingerprint density at radius 1 is 1.22 bits per heavy atom. The van der Waals surface area contributed by atoms with Crippen LogP contribution < -0.4 is 9.47 Å². The molecule has 0 aliphatic carbocycles. The molecule has 0 radical (unpaired) electrons. The molecule has 0 unspecified atom stereocenters. The van der Waals surface area contributed by atoms with E-state index in [2.05, 4.69) is 5.10 Å². The van der Waals surface area contributed by atoms with Crippen LogP contribution in [0.25, 0.3) is 11.3 Å². The number of methoxy groups -OCH3 is 2. The van der Waals surface area contributed by atoms with Gasteiger partial charge in [-0.2, -0.15) is 5.10 Å². The minimum absolute atomic E-state index is 0.316. The number of nitrogens with zero attached hydrogens (tertiary/aromatic N) is 2. The average Bonchev–Trinajstić information content (AvgIpc) is 2.90. The number of carbonyl (C=O) groups is 1. The second-order valence-corrected chi connectivity index (χ2v) is 4.94. The average molecular weight is 318 g/mol. The van der Waals surface area contributed by atoms with Crippen LogP contribution in [0.1, 0.15) is 29.9 Å². The van der Waals surface area contributed by atoms with Gasteiger partial charge in [0.15, 0.2) is 5.69 Å². The molecule has 0 spiro atoms. The molecule has 0 aliphatic heterocycles. The fraction of sp³-hybridized carbons (Fsp3) is 0.412. The zero-order chi connectivity index (χ0) is 17.0. The number of hydrogen-bond donors (Lipinski definition) is 0. The minimum Gasteiger partial charge on any atom is -0.497 e. The molecule has 2 aromatic rings. The molecule has 0 bridgehead atoms. The van der Waals surface area contributed by atoms with E-state index in [1.807, 2.05) is 25.1 Å². The van der Waals surface area contributed by atoms with Gasteiger partial charge in [-0.3, -0.25) is 4.68 Å². The normalized spacial score (nSPS) is 10.5. The van der Waals surface area contributed by atoms with Crippen LogP contribution in [0, 0.1) is 0 Å². The lowest BCUT2D eigenvalue weighted by Crippen LogP contribution is -2.08. The first kappa shape index (κ1) is 16.9. The molecule has 2 rings (SSSR count). The monoisotopic (exact) mass is 318 g/mol. The molecule has 1 heterocycles. The molecule has 0 N–H and O–H groups in total. The van der Waals surface area contributed by atoms with Crippen LogP contribution in [0.2, 0.25) is 0 Å². The van der Waals surface area contributed by atoms with E-state index in [1.54, 1.807) is 32.9 Å². The van der Waals surface area contributed by atoms with Crippen molar-refractivity contribution in [3.63, 3.8) is 0 Å². The lowest BCUT2D eigenvalue weighted by Gasteiger charge is -2.12. The highest BCUT2D eigenvalue weighted by Crippen LogP contribution is 2.36. The molecule has 6 heteroatoms. The van der Waals surface area contributed by atoms with Crippen LogP contribution in [-0.4, -0.2) is 36.6 Å². The Hall–Kier alpha value is -2.50. The van der Waals surface area contributed by atoms with Crippen molar-refractivity contribution in [3.8, 4) is 22.8 Å². The third-order valence-electron chi connectivity index (χ3n) is 3.63. The first-order valence-electron chi connectivity index (χ1n) is 7.52. The predicted molar refractivity (Wildman–Crippen MR) is 87.1 cm³/mol. The molecule has 0 fully saturated rings. The maximum atomic E-state index is 12.1. The van der Waals surface area contributed by atoms with Gasteiger partial charge in [0, 0.05) is 18.2 Å². The molecule has 0 saturated carbocycles. The minimum atomic E-state index is -0.409. The Kier molecular flexibility index (Phi) is 5.26. The van der Waals surface area contributed by atoms with E-state index in [0.717, 1.165) is 16.8 Å². The van der Waals surface area contributed by atoms with E-state index in [1.165, 1.54) is 0 Å². The maximum Gasteiger partial charge on any atom is 0.359 e. The molecule has 0 amide bonds. The van der Waals surface area contributed by atoms with Gasteiger partial charge in [0.05, 0.1) is 26.5 Å². The highest BCUT2D eigenvalue weighted by molar-refractivity contribution is 5.92. The highest BCUT2D eigenvalue weighted by atomic mass is 16.5. The van der Waals surface area contributed by atoms with Crippen molar-refractivity contribution in [2.75, 3.05) is 20.8 Å². The van der Waals surface area contributed by atoms with Gasteiger partial charge in [-0.1, -0.05) is 6.92 Å². The fourth-order valence-corrected chi connectivity index (χ4v) is 2.60. The van der Waals surface area contributed by atoms with Crippen LogP contribution in [0.5, 0.6) is 11.5 Å². The van der Waals surface area contributed by atoms with Gasteiger partial charge >= 0.3 is 5.97 Å². The Morgan fingerprint density at radius 3 is 2.52 bits per heavy atom. The smallest absolute Gasteiger partial charge is 0.359 e. The van der Waals surface area contributed by atoms with Crippen LogP contribution in [0.15, 0.2) is 18.2 Å². The van der Waals surface area contributed by atoms with Crippen LogP contribution in [-0.2, 0) is 18.2 Å². The van der Waals surface area contributed by atoms with E-state index < -0.39 is 5.97 Å². The standard InChI is InChI=1S/C17H22N2O4/c1-6-12-15(17(20)23-7-2)18-19(3)16(12)13-10-11(21-4)8-9-14(13)22-5/h8-10H,6-7H2,1-5H3. The first-order chi connectivity index (χ1) is 11.1. The van der Waals surface area contributed by atoms with E-state index in [4.69, 9.17) is 14.2 Å². The van der Waals surface area contributed by atoms with Gasteiger partial charge < -0.3 is 14.2 Å². The molecule has 1 aromatic carbocycles. The van der Waals surface area contributed by atoms with E-state index in [9.17, 15) is 4.79 Å². The van der Waals surface area contributed by atoms with Crippen molar-refractivity contribution < 1.29 is 19.0 Å². The zero-order valence-corrected chi connectivity index (χ0v) is 14.2. The SMILES string of the molecule is CCOC(=O)c1nn(C)c(-c2cc(OC)ccc2OC)c1CC. The third-order valence-corrected chi connectivity index (χ3v) is 3.63. The first-order valence-corrected chi connectivity index (χ1v) is 7.52. The highest BCUT2D eigenvalue weighted by Gasteiger charge is 2.24. The molecule has 23 heavy (non-hydrogen) atoms. The molecule has 0 saturated heterocycles. The van der Waals surface area contributed by atoms with Crippen molar-refractivity contribution in [1.82, 2.24) is 9.78 Å². The van der Waals surface area contributed by atoms with Crippen LogP contribution in [0.3, 0.4) is 0 Å². The molecular formula is C17H22N2O4. The van der Waals surface area contributed by atoms with Gasteiger partial charge in [0.2, 0.25) is 0 Å². The molecular weight excluding hydrogens is 296 g/mol. The summed E-state index contributed by atoms with van der Waals surface area (Å²) in [5, 5.41) is 4.35. The number of ether oxygens (including phenoxy) is 3. The summed E-state index contributed by atoms with van der Waals surface area (Å²) in [6, 6.07) is 5.55. The van der Waals surface area contributed by atoms with Crippen molar-refractivity contribution in [2.45, 2.75) is 20.3 Å². The lowest BCUT2D eigenvalue weighted by molar-refractivity contribution is 0.0517. The Bertz CT molecular complexity index is 707. The fourth-order valence-electron chi connectivity index (χ4n) is 2.60. The summed E-state index contributed by atoms with van der Waals surface area (Å²) in [7, 11) is 5.02. The molecule has 0 atom stereocenters. The van der Waals surface area contributed by atoms with E-state index in [-0.39, 0.29) is 0 Å². The van der Waals surface area contributed by atoms with Gasteiger partial charge in [0.1, 0.15) is 11.5 Å². The molecule has 124 valence electrons. The summed E-state index contributed by atoms with van der Waals surface area (Å²) in [5.41, 5.74) is 2.83. The van der Waals surface area contributed by atoms with Crippen LogP contribution in [0.4, 0.5) is 0 Å². The number of esters is 1. The lowest BCUT2D eigenvalue weighted by atomic mass is 10.0. The van der Waals surface area contributed by atoms with Crippen molar-refractivity contribution >= 4 is 5.97 Å². The van der Waals surface area contributed by atoms with E-state index in [0.29, 0.717) is 30.2 Å². The zero-order valence-electron chi connectivity index (χ0n) is 14.2. The summed E-state index contributed by atoms with van der Waals surface area (Å²) < 4.78 is 17.6.